The van der Waals surface area contributed by atoms with Crippen molar-refractivity contribution in [2.45, 2.75) is 26.8 Å². The van der Waals surface area contributed by atoms with E-state index in [9.17, 15) is 9.59 Å². The number of rotatable bonds is 5. The third-order valence-corrected chi connectivity index (χ3v) is 2.38. The van der Waals surface area contributed by atoms with Crippen LogP contribution in [0.4, 0.5) is 0 Å². The Morgan fingerprint density at radius 3 is 2.62 bits per heavy atom. The minimum absolute atomic E-state index is 0.0950. The van der Waals surface area contributed by atoms with Crippen molar-refractivity contribution in [3.05, 3.63) is 22.9 Å². The van der Waals surface area contributed by atoms with Crippen LogP contribution < -0.4 is 11.0 Å². The highest BCUT2D eigenvalue weighted by molar-refractivity contribution is 5.75. The van der Waals surface area contributed by atoms with E-state index in [2.05, 4.69) is 19.2 Å². The quantitative estimate of drug-likeness (QED) is 0.786. The molecule has 0 saturated carbocycles. The Kier molecular flexibility index (Phi) is 4.34. The highest BCUT2D eigenvalue weighted by atomic mass is 16.2. The summed E-state index contributed by atoms with van der Waals surface area (Å²) in [6.07, 6.45) is 4.21. The molecular formula is C11H19N3O2. The minimum Gasteiger partial charge on any atom is -0.355 e. The molecule has 5 heteroatoms. The molecule has 0 spiro atoms. The predicted molar refractivity (Wildman–Crippen MR) is 62.1 cm³/mol. The van der Waals surface area contributed by atoms with Gasteiger partial charge in [0.05, 0.1) is 0 Å². The van der Waals surface area contributed by atoms with Crippen molar-refractivity contribution in [3.63, 3.8) is 0 Å². The molecule has 0 unspecified atom stereocenters. The molecule has 1 heterocycles. The standard InChI is InChI=1S/C11H19N3O2/c1-9(2)4-5-12-10(15)8-14-7-6-13(3)11(14)16/h6-7,9H,4-5,8H2,1-3H3,(H,12,15). The number of carbonyl (C=O) groups is 1. The summed E-state index contributed by atoms with van der Waals surface area (Å²) < 4.78 is 2.84. The van der Waals surface area contributed by atoms with Crippen LogP contribution in [0.2, 0.25) is 0 Å². The van der Waals surface area contributed by atoms with Gasteiger partial charge in [-0.2, -0.15) is 0 Å². The predicted octanol–water partition coefficient (Wildman–Crippen LogP) is 0.349. The Bertz CT molecular complexity index is 404. The molecule has 90 valence electrons. The zero-order valence-corrected chi connectivity index (χ0v) is 10.1. The lowest BCUT2D eigenvalue weighted by Gasteiger charge is -2.07. The van der Waals surface area contributed by atoms with Crippen LogP contribution >= 0.6 is 0 Å². The van der Waals surface area contributed by atoms with Gasteiger partial charge in [0.15, 0.2) is 0 Å². The molecule has 1 rings (SSSR count). The van der Waals surface area contributed by atoms with Crippen molar-refractivity contribution >= 4 is 5.91 Å². The van der Waals surface area contributed by atoms with Gasteiger partial charge in [-0.25, -0.2) is 4.79 Å². The summed E-state index contributed by atoms with van der Waals surface area (Å²) in [4.78, 5) is 22.9. The monoisotopic (exact) mass is 225 g/mol. The highest BCUT2D eigenvalue weighted by Gasteiger charge is 2.05. The second kappa shape index (κ2) is 5.53. The van der Waals surface area contributed by atoms with Crippen LogP contribution in [0.25, 0.3) is 0 Å². The van der Waals surface area contributed by atoms with E-state index in [0.29, 0.717) is 12.5 Å². The highest BCUT2D eigenvalue weighted by Crippen LogP contribution is 1.96. The molecule has 1 N–H and O–H groups in total. The zero-order chi connectivity index (χ0) is 12.1. The van der Waals surface area contributed by atoms with Crippen molar-refractivity contribution in [3.8, 4) is 0 Å². The van der Waals surface area contributed by atoms with Gasteiger partial charge in [0.25, 0.3) is 0 Å². The van der Waals surface area contributed by atoms with Gasteiger partial charge < -0.3 is 9.88 Å². The van der Waals surface area contributed by atoms with Crippen LogP contribution in [0.1, 0.15) is 20.3 Å². The molecule has 1 aromatic rings. The molecule has 0 aromatic carbocycles. The summed E-state index contributed by atoms with van der Waals surface area (Å²) in [5, 5.41) is 2.79. The van der Waals surface area contributed by atoms with Crippen molar-refractivity contribution in [1.82, 2.24) is 14.5 Å². The molecular weight excluding hydrogens is 206 g/mol. The van der Waals surface area contributed by atoms with E-state index >= 15 is 0 Å². The second-order valence-corrected chi connectivity index (χ2v) is 4.35. The van der Waals surface area contributed by atoms with Crippen molar-refractivity contribution in [1.29, 1.82) is 0 Å². The average molecular weight is 225 g/mol. The molecule has 16 heavy (non-hydrogen) atoms. The smallest absolute Gasteiger partial charge is 0.328 e. The molecule has 0 aliphatic heterocycles. The van der Waals surface area contributed by atoms with Crippen LogP contribution in [0.15, 0.2) is 17.2 Å². The third kappa shape index (κ3) is 3.56. The fraction of sp³-hybridized carbons (Fsp3) is 0.636. The van der Waals surface area contributed by atoms with Gasteiger partial charge in [-0.3, -0.25) is 9.36 Å². The molecule has 0 aliphatic carbocycles. The van der Waals surface area contributed by atoms with E-state index in [0.717, 1.165) is 6.42 Å². The van der Waals surface area contributed by atoms with Crippen LogP contribution in [0.5, 0.6) is 0 Å². The van der Waals surface area contributed by atoms with Crippen molar-refractivity contribution in [2.24, 2.45) is 13.0 Å². The van der Waals surface area contributed by atoms with Crippen molar-refractivity contribution < 1.29 is 4.79 Å². The van der Waals surface area contributed by atoms with Gasteiger partial charge in [-0.15, -0.1) is 0 Å². The van der Waals surface area contributed by atoms with Gasteiger partial charge in [0, 0.05) is 26.0 Å². The first kappa shape index (κ1) is 12.5. The summed E-state index contributed by atoms with van der Waals surface area (Å²) >= 11 is 0. The SMILES string of the molecule is CC(C)CCNC(=O)Cn1ccn(C)c1=O. The van der Waals surface area contributed by atoms with E-state index in [1.54, 1.807) is 19.4 Å². The Hall–Kier alpha value is -1.52. The molecule has 0 aliphatic rings. The molecule has 0 saturated heterocycles. The second-order valence-electron chi connectivity index (χ2n) is 4.35. The maximum atomic E-state index is 11.5. The number of aromatic nitrogens is 2. The molecule has 5 nitrogen and oxygen atoms in total. The number of carbonyl (C=O) groups excluding carboxylic acids is 1. The maximum absolute atomic E-state index is 11.5. The zero-order valence-electron chi connectivity index (χ0n) is 10.1. The number of imidazole rings is 1. The van der Waals surface area contributed by atoms with Gasteiger partial charge in [0.2, 0.25) is 5.91 Å². The number of nitrogens with zero attached hydrogens (tertiary/aromatic N) is 2. The number of hydrogen-bond donors (Lipinski definition) is 1. The van der Waals surface area contributed by atoms with Crippen LogP contribution in [-0.4, -0.2) is 21.6 Å². The summed E-state index contributed by atoms with van der Waals surface area (Å²) in [5.41, 5.74) is -0.168. The van der Waals surface area contributed by atoms with E-state index in [1.807, 2.05) is 0 Å². The number of nitrogens with one attached hydrogen (secondary N) is 1. The maximum Gasteiger partial charge on any atom is 0.328 e. The largest absolute Gasteiger partial charge is 0.355 e. The third-order valence-electron chi connectivity index (χ3n) is 2.38. The summed E-state index contributed by atoms with van der Waals surface area (Å²) in [6, 6.07) is 0. The number of aryl methyl sites for hydroxylation is 1. The Labute approximate surface area is 95.1 Å². The van der Waals surface area contributed by atoms with E-state index in [4.69, 9.17) is 0 Å². The van der Waals surface area contributed by atoms with Crippen LogP contribution in [0.3, 0.4) is 0 Å². The van der Waals surface area contributed by atoms with E-state index < -0.39 is 0 Å². The number of amides is 1. The van der Waals surface area contributed by atoms with E-state index in [-0.39, 0.29) is 18.1 Å². The lowest BCUT2D eigenvalue weighted by Crippen LogP contribution is -2.33. The Balaban J connectivity index is 2.40. The van der Waals surface area contributed by atoms with Gasteiger partial charge in [-0.1, -0.05) is 13.8 Å². The normalized spacial score (nSPS) is 10.8. The molecule has 0 atom stereocenters. The summed E-state index contributed by atoms with van der Waals surface area (Å²) in [5.74, 6) is 0.452. The van der Waals surface area contributed by atoms with Crippen LogP contribution in [0, 0.1) is 5.92 Å². The molecule has 1 aromatic heterocycles. The number of hydrogen-bond acceptors (Lipinski definition) is 2. The first-order valence-corrected chi connectivity index (χ1v) is 5.49. The molecule has 0 bridgehead atoms. The molecule has 0 fully saturated rings. The van der Waals surface area contributed by atoms with Gasteiger partial charge in [-0.05, 0) is 12.3 Å². The Morgan fingerprint density at radius 2 is 2.12 bits per heavy atom. The Morgan fingerprint density at radius 1 is 1.44 bits per heavy atom. The average Bonchev–Trinajstić information content (AvgIpc) is 2.49. The minimum atomic E-state index is -0.168. The van der Waals surface area contributed by atoms with Crippen molar-refractivity contribution in [2.75, 3.05) is 6.54 Å². The fourth-order valence-corrected chi connectivity index (χ4v) is 1.34. The van der Waals surface area contributed by atoms with E-state index in [1.165, 1.54) is 9.13 Å². The topological polar surface area (TPSA) is 56.0 Å². The lowest BCUT2D eigenvalue weighted by atomic mass is 10.1. The van der Waals surface area contributed by atoms with Crippen LogP contribution in [-0.2, 0) is 18.4 Å². The summed E-state index contributed by atoms with van der Waals surface area (Å²) in [6.45, 7) is 4.97. The lowest BCUT2D eigenvalue weighted by molar-refractivity contribution is -0.121. The van der Waals surface area contributed by atoms with Gasteiger partial charge in [0.1, 0.15) is 6.54 Å². The fourth-order valence-electron chi connectivity index (χ4n) is 1.34. The molecule has 1 amide bonds. The summed E-state index contributed by atoms with van der Waals surface area (Å²) in [7, 11) is 1.66. The first-order valence-electron chi connectivity index (χ1n) is 5.49. The van der Waals surface area contributed by atoms with Gasteiger partial charge >= 0.3 is 5.69 Å². The molecule has 0 radical (unpaired) electrons. The first-order chi connectivity index (χ1) is 7.50.